The average molecular weight is 323 g/mol. The van der Waals surface area contributed by atoms with Gasteiger partial charge in [-0.2, -0.15) is 5.10 Å². The van der Waals surface area contributed by atoms with Crippen LogP contribution < -0.4 is 5.32 Å². The molecule has 0 bridgehead atoms. The summed E-state index contributed by atoms with van der Waals surface area (Å²) in [7, 11) is 1.87. The Morgan fingerprint density at radius 2 is 1.96 bits per heavy atom. The number of rotatable bonds is 5. The lowest BCUT2D eigenvalue weighted by atomic mass is 10.2. The maximum Gasteiger partial charge on any atom is 0.224 e. The second-order valence-corrected chi connectivity index (χ2v) is 5.90. The molecule has 1 N–H and O–H groups in total. The van der Waals surface area contributed by atoms with E-state index in [1.165, 1.54) is 0 Å². The van der Waals surface area contributed by atoms with Crippen molar-refractivity contribution in [1.29, 1.82) is 0 Å². The summed E-state index contributed by atoms with van der Waals surface area (Å²) in [5.41, 5.74) is 5.02. The van der Waals surface area contributed by atoms with Gasteiger partial charge in [-0.25, -0.2) is 4.98 Å². The monoisotopic (exact) mass is 323 g/mol. The number of nitrogens with one attached hydrogen (secondary N) is 1. The minimum absolute atomic E-state index is 0.00117. The Kier molecular flexibility index (Phi) is 4.46. The van der Waals surface area contributed by atoms with Gasteiger partial charge in [-0.3, -0.25) is 9.48 Å². The van der Waals surface area contributed by atoms with E-state index in [1.54, 1.807) is 10.9 Å². The van der Waals surface area contributed by atoms with Crippen LogP contribution in [0, 0.1) is 13.8 Å². The molecule has 0 saturated carbocycles. The molecule has 2 heterocycles. The first kappa shape index (κ1) is 16.0. The molecule has 0 aliphatic heterocycles. The van der Waals surface area contributed by atoms with Crippen LogP contribution in [0.25, 0.3) is 5.69 Å². The standard InChI is InChI=1S/C18H21N5O/c1-13-14(2)23(12-19-13)17-7-5-16(6-8-17)21-18(24)9-4-15-10-20-22(3)11-15/h5-8,10-12H,4,9H2,1-3H3,(H,21,24). The summed E-state index contributed by atoms with van der Waals surface area (Å²) >= 11 is 0. The molecule has 2 aromatic heterocycles. The molecule has 0 atom stereocenters. The van der Waals surface area contributed by atoms with Crippen LogP contribution in [0.3, 0.4) is 0 Å². The van der Waals surface area contributed by atoms with Crippen LogP contribution in [0.4, 0.5) is 5.69 Å². The number of carbonyl (C=O) groups excluding carboxylic acids is 1. The van der Waals surface area contributed by atoms with E-state index in [0.29, 0.717) is 12.8 Å². The summed E-state index contributed by atoms with van der Waals surface area (Å²) < 4.78 is 3.77. The van der Waals surface area contributed by atoms with Gasteiger partial charge in [0.25, 0.3) is 0 Å². The summed E-state index contributed by atoms with van der Waals surface area (Å²) in [4.78, 5) is 16.4. The lowest BCUT2D eigenvalue weighted by molar-refractivity contribution is -0.116. The zero-order valence-electron chi connectivity index (χ0n) is 14.2. The minimum atomic E-state index is 0.00117. The highest BCUT2D eigenvalue weighted by atomic mass is 16.1. The number of aryl methyl sites for hydroxylation is 3. The molecule has 6 nitrogen and oxygen atoms in total. The van der Waals surface area contributed by atoms with Crippen molar-refractivity contribution in [3.63, 3.8) is 0 Å². The van der Waals surface area contributed by atoms with Gasteiger partial charge in [-0.1, -0.05) is 0 Å². The summed E-state index contributed by atoms with van der Waals surface area (Å²) in [6.07, 6.45) is 6.65. The number of aromatic nitrogens is 4. The summed E-state index contributed by atoms with van der Waals surface area (Å²) in [5, 5.41) is 7.03. The molecule has 1 amide bonds. The van der Waals surface area contributed by atoms with E-state index < -0.39 is 0 Å². The van der Waals surface area contributed by atoms with Crippen molar-refractivity contribution >= 4 is 11.6 Å². The smallest absolute Gasteiger partial charge is 0.224 e. The fourth-order valence-corrected chi connectivity index (χ4v) is 2.55. The number of anilines is 1. The summed E-state index contributed by atoms with van der Waals surface area (Å²) in [6, 6.07) is 7.77. The van der Waals surface area contributed by atoms with Gasteiger partial charge in [-0.05, 0) is 50.1 Å². The van der Waals surface area contributed by atoms with E-state index in [2.05, 4.69) is 15.4 Å². The molecule has 0 fully saturated rings. The maximum absolute atomic E-state index is 12.1. The zero-order chi connectivity index (χ0) is 17.1. The Bertz CT molecular complexity index is 845. The molecule has 0 unspecified atom stereocenters. The third-order valence-electron chi connectivity index (χ3n) is 4.08. The third kappa shape index (κ3) is 3.53. The van der Waals surface area contributed by atoms with Crippen LogP contribution in [0.1, 0.15) is 23.4 Å². The van der Waals surface area contributed by atoms with Crippen molar-refractivity contribution in [2.45, 2.75) is 26.7 Å². The van der Waals surface area contributed by atoms with Gasteiger partial charge < -0.3 is 9.88 Å². The van der Waals surface area contributed by atoms with Gasteiger partial charge in [0, 0.05) is 36.7 Å². The van der Waals surface area contributed by atoms with Crippen molar-refractivity contribution in [3.05, 3.63) is 59.9 Å². The molecule has 3 rings (SSSR count). The summed E-state index contributed by atoms with van der Waals surface area (Å²) in [6.45, 7) is 4.03. The highest BCUT2D eigenvalue weighted by molar-refractivity contribution is 5.90. The van der Waals surface area contributed by atoms with Crippen molar-refractivity contribution < 1.29 is 4.79 Å². The normalized spacial score (nSPS) is 10.8. The Morgan fingerprint density at radius 1 is 1.21 bits per heavy atom. The van der Waals surface area contributed by atoms with Crippen molar-refractivity contribution in [2.75, 3.05) is 5.32 Å². The molecule has 1 aromatic carbocycles. The van der Waals surface area contributed by atoms with E-state index in [4.69, 9.17) is 0 Å². The number of nitrogens with zero attached hydrogens (tertiary/aromatic N) is 4. The number of imidazole rings is 1. The third-order valence-corrected chi connectivity index (χ3v) is 4.08. The molecule has 3 aromatic rings. The summed E-state index contributed by atoms with van der Waals surface area (Å²) in [5.74, 6) is 0.00117. The molecule has 0 saturated heterocycles. The molecule has 0 spiro atoms. The Morgan fingerprint density at radius 3 is 2.54 bits per heavy atom. The van der Waals surface area contributed by atoms with Gasteiger partial charge in [0.05, 0.1) is 18.2 Å². The van der Waals surface area contributed by atoms with E-state index in [-0.39, 0.29) is 5.91 Å². The zero-order valence-corrected chi connectivity index (χ0v) is 14.2. The predicted molar refractivity (Wildman–Crippen MR) is 93.2 cm³/mol. The molecule has 0 radical (unpaired) electrons. The van der Waals surface area contributed by atoms with E-state index >= 15 is 0 Å². The fourth-order valence-electron chi connectivity index (χ4n) is 2.55. The van der Waals surface area contributed by atoms with Crippen LogP contribution in [0.15, 0.2) is 43.0 Å². The van der Waals surface area contributed by atoms with E-state index in [9.17, 15) is 4.79 Å². The van der Waals surface area contributed by atoms with E-state index in [0.717, 1.165) is 28.3 Å². The number of hydrogen-bond acceptors (Lipinski definition) is 3. The second-order valence-electron chi connectivity index (χ2n) is 5.90. The molecular formula is C18H21N5O. The van der Waals surface area contributed by atoms with Crippen LogP contribution in [0.5, 0.6) is 0 Å². The molecule has 0 aliphatic carbocycles. The number of benzene rings is 1. The lowest BCUT2D eigenvalue weighted by Crippen LogP contribution is -2.12. The van der Waals surface area contributed by atoms with Crippen molar-refractivity contribution in [1.82, 2.24) is 19.3 Å². The predicted octanol–water partition coefficient (Wildman–Crippen LogP) is 2.79. The number of hydrogen-bond donors (Lipinski definition) is 1. The first-order valence-corrected chi connectivity index (χ1v) is 7.91. The molecule has 124 valence electrons. The van der Waals surface area contributed by atoms with Gasteiger partial charge in [0.2, 0.25) is 5.91 Å². The first-order valence-electron chi connectivity index (χ1n) is 7.91. The minimum Gasteiger partial charge on any atom is -0.326 e. The highest BCUT2D eigenvalue weighted by Crippen LogP contribution is 2.17. The Hall–Kier alpha value is -2.89. The van der Waals surface area contributed by atoms with Crippen LogP contribution >= 0.6 is 0 Å². The molecular weight excluding hydrogens is 302 g/mol. The Labute approximate surface area is 141 Å². The van der Waals surface area contributed by atoms with Crippen molar-refractivity contribution in [3.8, 4) is 5.69 Å². The van der Waals surface area contributed by atoms with Crippen LogP contribution in [0.2, 0.25) is 0 Å². The van der Waals surface area contributed by atoms with Gasteiger partial charge >= 0.3 is 0 Å². The number of amides is 1. The second kappa shape index (κ2) is 6.70. The largest absolute Gasteiger partial charge is 0.326 e. The van der Waals surface area contributed by atoms with Crippen molar-refractivity contribution in [2.24, 2.45) is 7.05 Å². The topological polar surface area (TPSA) is 64.7 Å². The Balaban J connectivity index is 1.59. The maximum atomic E-state index is 12.1. The lowest BCUT2D eigenvalue weighted by Gasteiger charge is -2.08. The molecule has 6 heteroatoms. The van der Waals surface area contributed by atoms with Crippen LogP contribution in [-0.2, 0) is 18.3 Å². The average Bonchev–Trinajstić information content (AvgIpc) is 3.13. The fraction of sp³-hybridized carbons (Fsp3) is 0.278. The quantitative estimate of drug-likeness (QED) is 0.785. The highest BCUT2D eigenvalue weighted by Gasteiger charge is 2.07. The van der Waals surface area contributed by atoms with Gasteiger partial charge in [-0.15, -0.1) is 0 Å². The van der Waals surface area contributed by atoms with Gasteiger partial charge in [0.1, 0.15) is 0 Å². The molecule has 0 aliphatic rings. The van der Waals surface area contributed by atoms with Gasteiger partial charge in [0.15, 0.2) is 0 Å². The van der Waals surface area contributed by atoms with E-state index in [1.807, 2.05) is 62.3 Å². The first-order chi connectivity index (χ1) is 11.5. The SMILES string of the molecule is Cc1ncn(-c2ccc(NC(=O)CCc3cnn(C)c3)cc2)c1C. The molecule has 24 heavy (non-hydrogen) atoms. The number of carbonyl (C=O) groups is 1. The van der Waals surface area contributed by atoms with Crippen LogP contribution in [-0.4, -0.2) is 25.2 Å².